The molecule has 1 aliphatic rings. The van der Waals surface area contributed by atoms with Gasteiger partial charge in [-0.25, -0.2) is 0 Å². The van der Waals surface area contributed by atoms with Crippen molar-refractivity contribution in [3.8, 4) is 0 Å². The van der Waals surface area contributed by atoms with Crippen LogP contribution in [0.3, 0.4) is 0 Å². The number of carbonyl (C=O) groups excluding carboxylic acids is 2. The van der Waals surface area contributed by atoms with Crippen molar-refractivity contribution in [2.24, 2.45) is 0 Å². The average Bonchev–Trinajstić information content (AvgIpc) is 3.02. The van der Waals surface area contributed by atoms with E-state index < -0.39 is 0 Å². The van der Waals surface area contributed by atoms with Crippen molar-refractivity contribution in [2.75, 3.05) is 25.0 Å². The van der Waals surface area contributed by atoms with Crippen LogP contribution in [0.25, 0.3) is 0 Å². The van der Waals surface area contributed by atoms with Gasteiger partial charge < -0.3 is 15.0 Å². The van der Waals surface area contributed by atoms with Crippen molar-refractivity contribution in [1.82, 2.24) is 9.88 Å². The molecule has 0 aromatic carbocycles. The molecular weight excluding hydrogens is 326 g/mol. The van der Waals surface area contributed by atoms with Crippen LogP contribution < -0.4 is 5.32 Å². The Labute approximate surface area is 144 Å². The summed E-state index contributed by atoms with van der Waals surface area (Å²) in [7, 11) is 0. The molecule has 0 aliphatic carbocycles. The van der Waals surface area contributed by atoms with Crippen LogP contribution in [-0.4, -0.2) is 47.0 Å². The summed E-state index contributed by atoms with van der Waals surface area (Å²) < 4.78 is 5.65. The number of aromatic nitrogens is 1. The Kier molecular flexibility index (Phi) is 4.64. The molecule has 1 fully saturated rings. The van der Waals surface area contributed by atoms with Gasteiger partial charge in [-0.15, -0.1) is 11.3 Å². The van der Waals surface area contributed by atoms with Gasteiger partial charge in [0.25, 0.3) is 11.8 Å². The first kappa shape index (κ1) is 16.6. The van der Waals surface area contributed by atoms with Crippen LogP contribution in [0.2, 0.25) is 0 Å². The third-order valence-electron chi connectivity index (χ3n) is 3.76. The van der Waals surface area contributed by atoms with Crippen LogP contribution >= 0.6 is 11.3 Å². The molecule has 126 valence electrons. The second-order valence-corrected chi connectivity index (χ2v) is 7.10. The lowest BCUT2D eigenvalue weighted by Gasteiger charge is -2.38. The largest absolute Gasteiger partial charge is 0.372 e. The van der Waals surface area contributed by atoms with Crippen molar-refractivity contribution >= 4 is 28.8 Å². The van der Waals surface area contributed by atoms with Crippen LogP contribution in [0, 0.1) is 0 Å². The number of carbonyl (C=O) groups is 2. The lowest BCUT2D eigenvalue weighted by Crippen LogP contribution is -2.50. The lowest BCUT2D eigenvalue weighted by molar-refractivity contribution is -0.0762. The molecule has 0 unspecified atom stereocenters. The molecule has 24 heavy (non-hydrogen) atoms. The van der Waals surface area contributed by atoms with Crippen LogP contribution in [0.1, 0.15) is 33.9 Å². The van der Waals surface area contributed by atoms with E-state index in [1.807, 2.05) is 13.8 Å². The molecule has 0 radical (unpaired) electrons. The highest BCUT2D eigenvalue weighted by atomic mass is 32.1. The average molecular weight is 345 g/mol. The fourth-order valence-corrected chi connectivity index (χ4v) is 3.42. The third-order valence-corrected chi connectivity index (χ3v) is 4.67. The summed E-state index contributed by atoms with van der Waals surface area (Å²) in [5, 5.41) is 4.62. The normalized spacial score (nSPS) is 16.7. The summed E-state index contributed by atoms with van der Waals surface area (Å²) in [6.07, 6.45) is 3.12. The maximum atomic E-state index is 12.8. The van der Waals surface area contributed by atoms with Crippen LogP contribution in [-0.2, 0) is 4.74 Å². The Hall–Kier alpha value is -2.25. The summed E-state index contributed by atoms with van der Waals surface area (Å²) in [5.74, 6) is -0.335. The summed E-state index contributed by atoms with van der Waals surface area (Å²) >= 11 is 1.33. The monoisotopic (exact) mass is 345 g/mol. The van der Waals surface area contributed by atoms with E-state index in [4.69, 9.17) is 4.74 Å². The molecule has 0 bridgehead atoms. The fraction of sp³-hybridized carbons (Fsp3) is 0.353. The Bertz CT molecular complexity index is 743. The molecule has 0 saturated carbocycles. The van der Waals surface area contributed by atoms with Gasteiger partial charge in [0.2, 0.25) is 0 Å². The summed E-state index contributed by atoms with van der Waals surface area (Å²) in [4.78, 5) is 31.3. The van der Waals surface area contributed by atoms with Crippen LogP contribution in [0.5, 0.6) is 0 Å². The molecule has 6 nitrogen and oxygen atoms in total. The molecule has 2 amide bonds. The summed E-state index contributed by atoms with van der Waals surface area (Å²) in [6.45, 7) is 5.53. The van der Waals surface area contributed by atoms with E-state index in [2.05, 4.69) is 10.3 Å². The Balaban J connectivity index is 1.75. The lowest BCUT2D eigenvalue weighted by atomic mass is 10.1. The zero-order valence-corrected chi connectivity index (χ0v) is 14.4. The Morgan fingerprint density at radius 1 is 1.29 bits per heavy atom. The van der Waals surface area contributed by atoms with Gasteiger partial charge in [-0.3, -0.25) is 14.6 Å². The van der Waals surface area contributed by atoms with Gasteiger partial charge >= 0.3 is 0 Å². The molecule has 0 spiro atoms. The van der Waals surface area contributed by atoms with Crippen molar-refractivity contribution in [2.45, 2.75) is 19.4 Å². The molecule has 2 aromatic heterocycles. The molecule has 7 heteroatoms. The Morgan fingerprint density at radius 3 is 2.75 bits per heavy atom. The minimum atomic E-state index is -0.356. The zero-order valence-electron chi connectivity index (χ0n) is 13.6. The van der Waals surface area contributed by atoms with E-state index in [0.717, 1.165) is 0 Å². The maximum absolute atomic E-state index is 12.8. The predicted molar refractivity (Wildman–Crippen MR) is 92.4 cm³/mol. The van der Waals surface area contributed by atoms with Gasteiger partial charge in [-0.2, -0.15) is 0 Å². The summed E-state index contributed by atoms with van der Waals surface area (Å²) in [5.41, 5.74) is 0.684. The van der Waals surface area contributed by atoms with E-state index in [0.29, 0.717) is 35.8 Å². The second kappa shape index (κ2) is 6.70. The number of morpholine rings is 1. The molecule has 3 heterocycles. The fourth-order valence-electron chi connectivity index (χ4n) is 2.60. The molecule has 2 aromatic rings. The Morgan fingerprint density at radius 2 is 2.04 bits per heavy atom. The quantitative estimate of drug-likeness (QED) is 0.928. The molecule has 3 rings (SSSR count). The maximum Gasteiger partial charge on any atom is 0.266 e. The van der Waals surface area contributed by atoms with E-state index >= 15 is 0 Å². The van der Waals surface area contributed by atoms with Gasteiger partial charge in [0.1, 0.15) is 4.88 Å². The first-order valence-corrected chi connectivity index (χ1v) is 8.56. The van der Waals surface area contributed by atoms with Crippen molar-refractivity contribution in [3.05, 3.63) is 46.4 Å². The topological polar surface area (TPSA) is 71.5 Å². The number of nitrogens with zero attached hydrogens (tertiary/aromatic N) is 2. The molecular formula is C17H19N3O3S. The number of amides is 2. The highest BCUT2D eigenvalue weighted by Crippen LogP contribution is 2.27. The zero-order chi connectivity index (χ0) is 17.2. The first-order valence-electron chi connectivity index (χ1n) is 7.68. The van der Waals surface area contributed by atoms with Gasteiger partial charge in [0, 0.05) is 31.0 Å². The number of hydrogen-bond acceptors (Lipinski definition) is 5. The SMILES string of the molecule is CC1(C)CN(C(=O)c2sccc2NC(=O)c2ccncc2)CCO1. The summed E-state index contributed by atoms with van der Waals surface area (Å²) in [6, 6.07) is 5.02. The smallest absolute Gasteiger partial charge is 0.266 e. The van der Waals surface area contributed by atoms with Gasteiger partial charge in [0.15, 0.2) is 0 Å². The third kappa shape index (κ3) is 3.63. The van der Waals surface area contributed by atoms with Crippen molar-refractivity contribution < 1.29 is 14.3 Å². The first-order chi connectivity index (χ1) is 11.5. The van der Waals surface area contributed by atoms with E-state index in [-0.39, 0.29) is 17.4 Å². The number of rotatable bonds is 3. The molecule has 1 saturated heterocycles. The van der Waals surface area contributed by atoms with E-state index in [1.54, 1.807) is 40.9 Å². The standard InChI is InChI=1S/C17H19N3O3S/c1-17(2)11-20(8-9-23-17)16(22)14-13(5-10-24-14)19-15(21)12-3-6-18-7-4-12/h3-7,10H,8-9,11H2,1-2H3,(H,19,21). The highest BCUT2D eigenvalue weighted by molar-refractivity contribution is 7.12. The molecule has 0 atom stereocenters. The minimum Gasteiger partial charge on any atom is -0.372 e. The second-order valence-electron chi connectivity index (χ2n) is 6.19. The number of thiophene rings is 1. The molecule has 1 N–H and O–H groups in total. The minimum absolute atomic E-state index is 0.0774. The predicted octanol–water partition coefficient (Wildman–Crippen LogP) is 2.65. The number of nitrogens with one attached hydrogen (secondary N) is 1. The highest BCUT2D eigenvalue weighted by Gasteiger charge is 2.31. The van der Waals surface area contributed by atoms with E-state index in [9.17, 15) is 9.59 Å². The number of pyridine rings is 1. The van der Waals surface area contributed by atoms with Crippen LogP contribution in [0.4, 0.5) is 5.69 Å². The number of ether oxygens (including phenoxy) is 1. The van der Waals surface area contributed by atoms with E-state index in [1.165, 1.54) is 11.3 Å². The van der Waals surface area contributed by atoms with Crippen molar-refractivity contribution in [1.29, 1.82) is 0 Å². The molecule has 1 aliphatic heterocycles. The van der Waals surface area contributed by atoms with Gasteiger partial charge in [-0.1, -0.05) is 0 Å². The number of anilines is 1. The number of hydrogen-bond donors (Lipinski definition) is 1. The van der Waals surface area contributed by atoms with Gasteiger partial charge in [0.05, 0.1) is 17.9 Å². The van der Waals surface area contributed by atoms with Crippen LogP contribution in [0.15, 0.2) is 36.0 Å². The van der Waals surface area contributed by atoms with Gasteiger partial charge in [-0.05, 0) is 37.4 Å². The van der Waals surface area contributed by atoms with Crippen molar-refractivity contribution in [3.63, 3.8) is 0 Å².